The van der Waals surface area contributed by atoms with E-state index in [4.69, 9.17) is 17.3 Å². The fourth-order valence-corrected chi connectivity index (χ4v) is 2.71. The molecule has 130 valence electrons. The Bertz CT molecular complexity index is 915. The minimum Gasteiger partial charge on any atom is -0.504 e. The Morgan fingerprint density at radius 3 is 2.56 bits per heavy atom. The van der Waals surface area contributed by atoms with Gasteiger partial charge in [0.1, 0.15) is 5.69 Å². The molecule has 1 aliphatic rings. The topological polar surface area (TPSA) is 84.9 Å². The molecule has 1 aromatic carbocycles. The molecule has 4 rings (SSSR count). The van der Waals surface area contributed by atoms with E-state index in [-0.39, 0.29) is 16.4 Å². The first-order chi connectivity index (χ1) is 12.0. The summed E-state index contributed by atoms with van der Waals surface area (Å²) in [7, 11) is 0. The van der Waals surface area contributed by atoms with Gasteiger partial charge >= 0.3 is 0 Å². The normalized spacial score (nSPS) is 13.9. The third-order valence-electron chi connectivity index (χ3n) is 4.33. The maximum atomic E-state index is 13.7. The minimum absolute atomic E-state index is 0.166. The molecule has 0 bridgehead atoms. The van der Waals surface area contributed by atoms with E-state index in [0.29, 0.717) is 16.5 Å². The zero-order chi connectivity index (χ0) is 18.0. The Labute approximate surface area is 149 Å². The highest BCUT2D eigenvalue weighted by molar-refractivity contribution is 6.31. The van der Waals surface area contributed by atoms with Crippen molar-refractivity contribution in [2.45, 2.75) is 26.2 Å². The van der Waals surface area contributed by atoms with E-state index in [1.807, 2.05) is 0 Å². The number of phenolic OH excluding ortho intramolecular Hbond substituents is 1. The summed E-state index contributed by atoms with van der Waals surface area (Å²) < 4.78 is 13.7. The van der Waals surface area contributed by atoms with E-state index in [2.05, 4.69) is 22.1 Å². The number of anilines is 1. The maximum Gasteiger partial charge on any atom is 0.184 e. The van der Waals surface area contributed by atoms with Gasteiger partial charge in [-0.25, -0.2) is 4.39 Å². The summed E-state index contributed by atoms with van der Waals surface area (Å²) in [5.41, 5.74) is 6.22. The predicted octanol–water partition coefficient (Wildman–Crippen LogP) is 4.58. The minimum atomic E-state index is -0.898. The highest BCUT2D eigenvalue weighted by Crippen LogP contribution is 2.37. The molecule has 0 spiro atoms. The molecule has 1 saturated carbocycles. The molecule has 3 aromatic rings. The van der Waals surface area contributed by atoms with Crippen molar-refractivity contribution in [2.24, 2.45) is 5.92 Å². The molecule has 0 aliphatic heterocycles. The van der Waals surface area contributed by atoms with Gasteiger partial charge in [0.25, 0.3) is 0 Å². The second-order valence-electron chi connectivity index (χ2n) is 6.15. The van der Waals surface area contributed by atoms with Crippen molar-refractivity contribution in [3.63, 3.8) is 0 Å². The second kappa shape index (κ2) is 7.19. The highest BCUT2D eigenvalue weighted by Gasteiger charge is 2.17. The van der Waals surface area contributed by atoms with Crippen LogP contribution in [0, 0.1) is 11.7 Å². The van der Waals surface area contributed by atoms with E-state index in [1.165, 1.54) is 37.6 Å². The van der Waals surface area contributed by atoms with Crippen LogP contribution in [0.1, 0.15) is 26.2 Å². The molecule has 25 heavy (non-hydrogen) atoms. The van der Waals surface area contributed by atoms with Crippen LogP contribution in [0.5, 0.6) is 5.75 Å². The molecular formula is C18H18ClFN4O. The molecule has 3 N–H and O–H groups in total. The number of fused-ring (bicyclic) bond motifs is 1. The molecule has 2 aromatic heterocycles. The third kappa shape index (κ3) is 3.49. The van der Waals surface area contributed by atoms with Crippen LogP contribution in [0.2, 0.25) is 5.02 Å². The van der Waals surface area contributed by atoms with Crippen LogP contribution in [-0.4, -0.2) is 20.3 Å². The van der Waals surface area contributed by atoms with Crippen LogP contribution < -0.4 is 5.73 Å². The van der Waals surface area contributed by atoms with E-state index >= 15 is 0 Å². The molecule has 0 atom stereocenters. The number of phenols is 1. The van der Waals surface area contributed by atoms with Crippen molar-refractivity contribution in [2.75, 3.05) is 5.73 Å². The molecular weight excluding hydrogens is 343 g/mol. The highest BCUT2D eigenvalue weighted by atomic mass is 35.5. The molecule has 1 aliphatic carbocycles. The largest absolute Gasteiger partial charge is 0.504 e. The molecule has 0 radical (unpaired) electrons. The van der Waals surface area contributed by atoms with Crippen LogP contribution in [-0.2, 0) is 0 Å². The van der Waals surface area contributed by atoms with Gasteiger partial charge in [0.05, 0.1) is 5.02 Å². The first kappa shape index (κ1) is 17.4. The number of pyridine rings is 1. The maximum absolute atomic E-state index is 13.7. The number of benzene rings is 1. The number of hydrogen-bond acceptors (Lipinski definition) is 5. The summed E-state index contributed by atoms with van der Waals surface area (Å²) in [6.07, 6.45) is 7.55. The summed E-state index contributed by atoms with van der Waals surface area (Å²) >= 11 is 5.62. The second-order valence-corrected chi connectivity index (χ2v) is 6.56. The zero-order valence-electron chi connectivity index (χ0n) is 13.7. The van der Waals surface area contributed by atoms with Gasteiger partial charge in [-0.1, -0.05) is 37.8 Å². The van der Waals surface area contributed by atoms with Crippen LogP contribution in [0.4, 0.5) is 10.2 Å². The van der Waals surface area contributed by atoms with Crippen molar-refractivity contribution in [3.8, 4) is 17.0 Å². The van der Waals surface area contributed by atoms with Gasteiger partial charge in [0.2, 0.25) is 0 Å². The average Bonchev–Trinajstić information content (AvgIpc) is 2.60. The Morgan fingerprint density at radius 1 is 1.20 bits per heavy atom. The number of hydrogen-bond donors (Lipinski definition) is 2. The third-order valence-corrected chi connectivity index (χ3v) is 4.62. The number of rotatable bonds is 1. The lowest BCUT2D eigenvalue weighted by Crippen LogP contribution is -2.04. The van der Waals surface area contributed by atoms with Crippen molar-refractivity contribution < 1.29 is 9.50 Å². The first-order valence-corrected chi connectivity index (χ1v) is 8.40. The zero-order valence-corrected chi connectivity index (χ0v) is 14.5. The van der Waals surface area contributed by atoms with E-state index in [1.54, 1.807) is 12.3 Å². The summed E-state index contributed by atoms with van der Waals surface area (Å²) in [6, 6.07) is 4.49. The van der Waals surface area contributed by atoms with Crippen molar-refractivity contribution in [1.82, 2.24) is 15.2 Å². The van der Waals surface area contributed by atoms with Gasteiger partial charge in [-0.15, -0.1) is 10.2 Å². The fourth-order valence-electron chi connectivity index (χ4n) is 2.56. The van der Waals surface area contributed by atoms with E-state index in [0.717, 1.165) is 5.92 Å². The monoisotopic (exact) mass is 360 g/mol. The van der Waals surface area contributed by atoms with Crippen LogP contribution >= 0.6 is 11.6 Å². The molecule has 5 nitrogen and oxygen atoms in total. The molecule has 0 amide bonds. The molecule has 0 unspecified atom stereocenters. The number of nitrogens with zero attached hydrogens (tertiary/aromatic N) is 3. The molecule has 7 heteroatoms. The quantitative estimate of drug-likeness (QED) is 0.663. The Balaban J connectivity index is 0.000000314. The van der Waals surface area contributed by atoms with Gasteiger partial charge in [-0.05, 0) is 24.1 Å². The SMILES string of the molecule is CC1CCC1.Nc1nnc(-c2ccc(Cl)c(F)c2O)c2ccncc12. The fraction of sp³-hybridized carbons (Fsp3) is 0.278. The van der Waals surface area contributed by atoms with Gasteiger partial charge in [0.15, 0.2) is 17.4 Å². The van der Waals surface area contributed by atoms with Crippen LogP contribution in [0.15, 0.2) is 30.6 Å². The Hall–Kier alpha value is -2.47. The first-order valence-electron chi connectivity index (χ1n) is 8.02. The summed E-state index contributed by atoms with van der Waals surface area (Å²) in [6.45, 7) is 2.31. The smallest absolute Gasteiger partial charge is 0.184 e. The average molecular weight is 361 g/mol. The summed E-state index contributed by atoms with van der Waals surface area (Å²) in [5.74, 6) is -0.194. The molecule has 1 fully saturated rings. The molecule has 2 heterocycles. The lowest BCUT2D eigenvalue weighted by Gasteiger charge is -2.18. The van der Waals surface area contributed by atoms with Crippen molar-refractivity contribution in [1.29, 1.82) is 0 Å². The number of aromatic hydroxyl groups is 1. The van der Waals surface area contributed by atoms with Crippen molar-refractivity contribution >= 4 is 28.2 Å². The van der Waals surface area contributed by atoms with Crippen molar-refractivity contribution in [3.05, 3.63) is 41.4 Å². The van der Waals surface area contributed by atoms with Gasteiger partial charge in [-0.2, -0.15) is 0 Å². The summed E-state index contributed by atoms with van der Waals surface area (Å²) in [5, 5.41) is 18.6. The molecule has 0 saturated heterocycles. The lowest BCUT2D eigenvalue weighted by molar-refractivity contribution is 0.346. The van der Waals surface area contributed by atoms with E-state index in [9.17, 15) is 9.50 Å². The van der Waals surface area contributed by atoms with Gasteiger partial charge < -0.3 is 10.8 Å². The number of nitrogens with two attached hydrogens (primary N) is 1. The van der Waals surface area contributed by atoms with E-state index < -0.39 is 11.6 Å². The van der Waals surface area contributed by atoms with Gasteiger partial charge in [0, 0.05) is 28.7 Å². The van der Waals surface area contributed by atoms with Gasteiger partial charge in [-0.3, -0.25) is 4.98 Å². The summed E-state index contributed by atoms with van der Waals surface area (Å²) in [4.78, 5) is 3.96. The lowest BCUT2D eigenvalue weighted by atomic mass is 9.88. The number of nitrogen functional groups attached to an aromatic ring is 1. The van der Waals surface area contributed by atoms with Crippen LogP contribution in [0.25, 0.3) is 22.0 Å². The Kier molecular flexibility index (Phi) is 4.99. The Morgan fingerprint density at radius 2 is 1.92 bits per heavy atom. The number of aromatic nitrogens is 3. The van der Waals surface area contributed by atoms with Crippen LogP contribution in [0.3, 0.4) is 0 Å². The number of halogens is 2. The standard InChI is InChI=1S/C13H8ClFN4O.C5H10/c14-9-2-1-7(12(20)10(9)15)11-6-3-4-17-5-8(6)13(16)19-18-11;1-5-3-2-4-5/h1-5,20H,(H2,16,19);5H,2-4H2,1H3. The predicted molar refractivity (Wildman–Crippen MR) is 96.8 cm³/mol.